The van der Waals surface area contributed by atoms with Crippen molar-refractivity contribution in [2.24, 2.45) is 5.73 Å². The maximum absolute atomic E-state index is 11.3. The number of carbonyl (C=O) groups excluding carboxylic acids is 1. The van der Waals surface area contributed by atoms with Crippen LogP contribution in [0.3, 0.4) is 0 Å². The lowest BCUT2D eigenvalue weighted by Gasteiger charge is -2.17. The number of methoxy groups -OCH3 is 1. The third-order valence-corrected chi connectivity index (χ3v) is 2.50. The van der Waals surface area contributed by atoms with Crippen molar-refractivity contribution in [1.82, 2.24) is 0 Å². The predicted molar refractivity (Wildman–Crippen MR) is 66.2 cm³/mol. The molecule has 0 amide bonds. The maximum atomic E-state index is 11.3. The molecular weight excluding hydrogens is 218 g/mol. The minimum absolute atomic E-state index is 0.0906. The van der Waals surface area contributed by atoms with Gasteiger partial charge in [0.05, 0.1) is 18.8 Å². The van der Waals surface area contributed by atoms with Crippen LogP contribution >= 0.6 is 0 Å². The Morgan fingerprint density at radius 1 is 1.47 bits per heavy atom. The SMILES string of the molecule is CCC(CCN)Oc1cccc(C(=O)OC)c1. The molecule has 0 saturated carbocycles. The molecule has 1 aromatic carbocycles. The smallest absolute Gasteiger partial charge is 0.337 e. The molecule has 1 aromatic rings. The number of benzene rings is 1. The largest absolute Gasteiger partial charge is 0.490 e. The van der Waals surface area contributed by atoms with Crippen molar-refractivity contribution in [3.8, 4) is 5.75 Å². The van der Waals surface area contributed by atoms with E-state index in [0.29, 0.717) is 17.9 Å². The molecule has 0 aliphatic rings. The highest BCUT2D eigenvalue weighted by Gasteiger charge is 2.10. The van der Waals surface area contributed by atoms with Gasteiger partial charge < -0.3 is 15.2 Å². The highest BCUT2D eigenvalue weighted by Crippen LogP contribution is 2.17. The van der Waals surface area contributed by atoms with E-state index in [1.165, 1.54) is 7.11 Å². The highest BCUT2D eigenvalue weighted by atomic mass is 16.5. The quantitative estimate of drug-likeness (QED) is 0.768. The van der Waals surface area contributed by atoms with Gasteiger partial charge in [0, 0.05) is 0 Å². The Labute approximate surface area is 102 Å². The van der Waals surface area contributed by atoms with E-state index in [1.807, 2.05) is 13.0 Å². The minimum Gasteiger partial charge on any atom is -0.490 e. The average molecular weight is 237 g/mol. The van der Waals surface area contributed by atoms with Gasteiger partial charge in [-0.1, -0.05) is 13.0 Å². The van der Waals surface area contributed by atoms with E-state index in [1.54, 1.807) is 18.2 Å². The highest BCUT2D eigenvalue weighted by molar-refractivity contribution is 5.89. The number of esters is 1. The Morgan fingerprint density at radius 3 is 2.82 bits per heavy atom. The summed E-state index contributed by atoms with van der Waals surface area (Å²) in [5, 5.41) is 0. The maximum Gasteiger partial charge on any atom is 0.337 e. The number of hydrogen-bond donors (Lipinski definition) is 1. The van der Waals surface area contributed by atoms with E-state index < -0.39 is 0 Å². The number of rotatable bonds is 6. The molecule has 0 aromatic heterocycles. The molecular formula is C13H19NO3. The number of hydrogen-bond acceptors (Lipinski definition) is 4. The van der Waals surface area contributed by atoms with E-state index in [4.69, 9.17) is 10.5 Å². The molecule has 1 unspecified atom stereocenters. The molecule has 0 heterocycles. The summed E-state index contributed by atoms with van der Waals surface area (Å²) in [7, 11) is 1.36. The van der Waals surface area contributed by atoms with Gasteiger partial charge in [-0.15, -0.1) is 0 Å². The molecule has 0 spiro atoms. The summed E-state index contributed by atoms with van der Waals surface area (Å²) in [5.41, 5.74) is 6.00. The molecule has 4 heteroatoms. The van der Waals surface area contributed by atoms with Gasteiger partial charge in [-0.25, -0.2) is 4.79 Å². The van der Waals surface area contributed by atoms with Crippen molar-refractivity contribution >= 4 is 5.97 Å². The van der Waals surface area contributed by atoms with Gasteiger partial charge >= 0.3 is 5.97 Å². The Kier molecular flexibility index (Phi) is 5.49. The fraction of sp³-hybridized carbons (Fsp3) is 0.462. The summed E-state index contributed by atoms with van der Waals surface area (Å²) in [6.45, 7) is 2.64. The Balaban J connectivity index is 2.74. The Hall–Kier alpha value is -1.55. The molecule has 0 bridgehead atoms. The standard InChI is InChI=1S/C13H19NO3/c1-3-11(7-8-14)17-12-6-4-5-10(9-12)13(15)16-2/h4-6,9,11H,3,7-8,14H2,1-2H3. The van der Waals surface area contributed by atoms with Crippen LogP contribution < -0.4 is 10.5 Å². The number of nitrogens with two attached hydrogens (primary N) is 1. The first-order chi connectivity index (χ1) is 8.21. The average Bonchev–Trinajstić information content (AvgIpc) is 2.37. The second-order valence-corrected chi connectivity index (χ2v) is 3.74. The molecule has 4 nitrogen and oxygen atoms in total. The van der Waals surface area contributed by atoms with Gasteiger partial charge in [0.25, 0.3) is 0 Å². The van der Waals surface area contributed by atoms with Crippen molar-refractivity contribution < 1.29 is 14.3 Å². The van der Waals surface area contributed by atoms with E-state index in [-0.39, 0.29) is 12.1 Å². The molecule has 0 aliphatic carbocycles. The van der Waals surface area contributed by atoms with Gasteiger partial charge in [-0.3, -0.25) is 0 Å². The number of ether oxygens (including phenoxy) is 2. The molecule has 0 aliphatic heterocycles. The molecule has 0 fully saturated rings. The van der Waals surface area contributed by atoms with E-state index in [9.17, 15) is 4.79 Å². The molecule has 0 radical (unpaired) electrons. The van der Waals surface area contributed by atoms with E-state index in [0.717, 1.165) is 12.8 Å². The van der Waals surface area contributed by atoms with E-state index >= 15 is 0 Å². The third kappa shape index (κ3) is 4.07. The molecule has 0 saturated heterocycles. The molecule has 2 N–H and O–H groups in total. The lowest BCUT2D eigenvalue weighted by atomic mass is 10.2. The topological polar surface area (TPSA) is 61.5 Å². The fourth-order valence-corrected chi connectivity index (χ4v) is 1.54. The summed E-state index contributed by atoms with van der Waals surface area (Å²) < 4.78 is 10.4. The van der Waals surface area contributed by atoms with Gasteiger partial charge in [-0.2, -0.15) is 0 Å². The molecule has 17 heavy (non-hydrogen) atoms. The zero-order valence-electron chi connectivity index (χ0n) is 10.3. The van der Waals surface area contributed by atoms with Crippen LogP contribution in [0.25, 0.3) is 0 Å². The van der Waals surface area contributed by atoms with Crippen LogP contribution in [0, 0.1) is 0 Å². The monoisotopic (exact) mass is 237 g/mol. The van der Waals surface area contributed by atoms with Crippen molar-refractivity contribution in [2.75, 3.05) is 13.7 Å². The van der Waals surface area contributed by atoms with Crippen LogP contribution in [0.1, 0.15) is 30.1 Å². The van der Waals surface area contributed by atoms with Crippen molar-refractivity contribution in [3.05, 3.63) is 29.8 Å². The van der Waals surface area contributed by atoms with E-state index in [2.05, 4.69) is 4.74 Å². The third-order valence-electron chi connectivity index (χ3n) is 2.50. The molecule has 1 atom stereocenters. The summed E-state index contributed by atoms with van der Waals surface area (Å²) in [6.07, 6.45) is 1.78. The normalized spacial score (nSPS) is 11.9. The Bertz CT molecular complexity index is 365. The van der Waals surface area contributed by atoms with Gasteiger partial charge in [-0.05, 0) is 37.6 Å². The van der Waals surface area contributed by atoms with Crippen LogP contribution in [0.5, 0.6) is 5.75 Å². The van der Waals surface area contributed by atoms with Crippen LogP contribution in [-0.2, 0) is 4.74 Å². The Morgan fingerprint density at radius 2 is 2.24 bits per heavy atom. The van der Waals surface area contributed by atoms with Crippen LogP contribution in [-0.4, -0.2) is 25.7 Å². The second-order valence-electron chi connectivity index (χ2n) is 3.74. The van der Waals surface area contributed by atoms with Gasteiger partial charge in [0.2, 0.25) is 0 Å². The first-order valence-corrected chi connectivity index (χ1v) is 5.76. The lowest BCUT2D eigenvalue weighted by molar-refractivity contribution is 0.0600. The lowest BCUT2D eigenvalue weighted by Crippen LogP contribution is -2.19. The van der Waals surface area contributed by atoms with Crippen LogP contribution in [0.2, 0.25) is 0 Å². The van der Waals surface area contributed by atoms with Crippen molar-refractivity contribution in [2.45, 2.75) is 25.9 Å². The molecule has 1 rings (SSSR count). The fourth-order valence-electron chi connectivity index (χ4n) is 1.54. The van der Waals surface area contributed by atoms with Gasteiger partial charge in [0.1, 0.15) is 5.75 Å². The predicted octanol–water partition coefficient (Wildman–Crippen LogP) is 1.98. The van der Waals surface area contributed by atoms with Crippen molar-refractivity contribution in [1.29, 1.82) is 0 Å². The summed E-state index contributed by atoms with van der Waals surface area (Å²) in [4.78, 5) is 11.3. The summed E-state index contributed by atoms with van der Waals surface area (Å²) in [6, 6.07) is 6.98. The zero-order valence-corrected chi connectivity index (χ0v) is 10.3. The first kappa shape index (κ1) is 13.5. The number of carbonyl (C=O) groups is 1. The minimum atomic E-state index is -0.359. The van der Waals surface area contributed by atoms with Crippen molar-refractivity contribution in [3.63, 3.8) is 0 Å². The zero-order chi connectivity index (χ0) is 12.7. The van der Waals surface area contributed by atoms with Crippen LogP contribution in [0.4, 0.5) is 0 Å². The summed E-state index contributed by atoms with van der Waals surface area (Å²) >= 11 is 0. The van der Waals surface area contributed by atoms with Gasteiger partial charge in [0.15, 0.2) is 0 Å². The summed E-state index contributed by atoms with van der Waals surface area (Å²) in [5.74, 6) is 0.315. The van der Waals surface area contributed by atoms with Crippen LogP contribution in [0.15, 0.2) is 24.3 Å². The first-order valence-electron chi connectivity index (χ1n) is 5.76. The molecule has 94 valence electrons. The second kappa shape index (κ2) is 6.91.